The van der Waals surface area contributed by atoms with Gasteiger partial charge < -0.3 is 5.02 Å². The molecule has 0 bridgehead atoms. The van der Waals surface area contributed by atoms with E-state index in [0.29, 0.717) is 12.2 Å². The number of hydrogen-bond acceptors (Lipinski definition) is 4. The molecule has 16 heavy (non-hydrogen) atoms. The van der Waals surface area contributed by atoms with E-state index in [1.165, 1.54) is 0 Å². The molecule has 1 aromatic rings. The van der Waals surface area contributed by atoms with Crippen molar-refractivity contribution < 1.29 is 19.6 Å². The van der Waals surface area contributed by atoms with E-state index in [4.69, 9.17) is 0 Å². The van der Waals surface area contributed by atoms with Crippen LogP contribution in [0.5, 0.6) is 0 Å². The molecule has 0 radical (unpaired) electrons. The van der Waals surface area contributed by atoms with Crippen molar-refractivity contribution >= 4 is 18.3 Å². The van der Waals surface area contributed by atoms with Crippen molar-refractivity contribution in [2.45, 2.75) is 20.2 Å². The van der Waals surface area contributed by atoms with Crippen LogP contribution in [-0.2, 0) is 9.78 Å². The maximum Gasteiger partial charge on any atom is 0.373 e. The van der Waals surface area contributed by atoms with Crippen molar-refractivity contribution in [2.75, 3.05) is 6.61 Å². The lowest BCUT2D eigenvalue weighted by Crippen LogP contribution is -2.26. The topological polar surface area (TPSA) is 55.8 Å². The van der Waals surface area contributed by atoms with Crippen molar-refractivity contribution in [3.05, 3.63) is 29.8 Å². The van der Waals surface area contributed by atoms with Crippen molar-refractivity contribution in [1.29, 1.82) is 0 Å². The number of benzene rings is 1. The lowest BCUT2D eigenvalue weighted by molar-refractivity contribution is -0.240. The zero-order chi connectivity index (χ0) is 12.0. The summed E-state index contributed by atoms with van der Waals surface area (Å²) in [5, 5.41) is 9.29. The highest BCUT2D eigenvalue weighted by Gasteiger charge is 2.10. The van der Waals surface area contributed by atoms with Gasteiger partial charge in [-0.15, -0.1) is 0 Å². The molecule has 0 aromatic heterocycles. The number of carbonyl (C=O) groups is 1. The fourth-order valence-electron chi connectivity index (χ4n) is 1.12. The summed E-state index contributed by atoms with van der Waals surface area (Å²) in [4.78, 5) is 20.6. The fraction of sp³-hybridized carbons (Fsp3) is 0.364. The fourth-order valence-corrected chi connectivity index (χ4v) is 1.12. The zero-order valence-electron chi connectivity index (χ0n) is 9.47. The first-order valence-corrected chi connectivity index (χ1v) is 5.27. The summed E-state index contributed by atoms with van der Waals surface area (Å²) in [6.45, 7) is 3.43. The van der Waals surface area contributed by atoms with E-state index in [9.17, 15) is 9.82 Å². The monoisotopic (exact) mass is 222 g/mol. The highest BCUT2D eigenvalue weighted by Crippen LogP contribution is 2.01. The first-order valence-electron chi connectivity index (χ1n) is 5.27. The number of rotatable bonds is 5. The second-order valence-corrected chi connectivity index (χ2v) is 3.49. The van der Waals surface area contributed by atoms with Crippen LogP contribution in [0.25, 0.3) is 0 Å². The SMILES string of the molecule is CCCOOC(=O)c1ccc(B(C)O)cc1. The third kappa shape index (κ3) is 3.68. The molecule has 1 rings (SSSR count). The zero-order valence-corrected chi connectivity index (χ0v) is 9.47. The van der Waals surface area contributed by atoms with Gasteiger partial charge in [-0.3, -0.25) is 4.89 Å². The highest BCUT2D eigenvalue weighted by molar-refractivity contribution is 6.64. The van der Waals surface area contributed by atoms with Crippen molar-refractivity contribution in [3.63, 3.8) is 0 Å². The Kier molecular flexibility index (Phi) is 5.02. The standard InChI is InChI=1S/C11H15BO4/c1-3-8-15-16-11(13)9-4-6-10(7-5-9)12(2)14/h4-7,14H,3,8H2,1-2H3. The molecule has 0 aliphatic heterocycles. The van der Waals surface area contributed by atoms with Crippen molar-refractivity contribution in [3.8, 4) is 0 Å². The molecular formula is C11H15BO4. The molecule has 86 valence electrons. The normalized spacial score (nSPS) is 9.94. The summed E-state index contributed by atoms with van der Waals surface area (Å²) in [6, 6.07) is 6.56. The van der Waals surface area contributed by atoms with Gasteiger partial charge in [-0.05, 0) is 24.0 Å². The summed E-state index contributed by atoms with van der Waals surface area (Å²) in [6.07, 6.45) is 0.786. The quantitative estimate of drug-likeness (QED) is 0.349. The summed E-state index contributed by atoms with van der Waals surface area (Å²) in [5.74, 6) is -0.523. The number of carbonyl (C=O) groups excluding carboxylic acids is 1. The minimum atomic E-state index is -0.540. The molecule has 1 N–H and O–H groups in total. The molecule has 0 aliphatic rings. The van der Waals surface area contributed by atoms with Gasteiger partial charge in [-0.2, -0.15) is 4.89 Å². The molecule has 0 heterocycles. The Bertz CT molecular complexity index is 334. The van der Waals surface area contributed by atoms with Crippen LogP contribution in [0, 0.1) is 0 Å². The molecule has 0 unspecified atom stereocenters. The minimum absolute atomic E-state index is 0.386. The molecule has 5 heteroatoms. The van der Waals surface area contributed by atoms with E-state index in [1.807, 2.05) is 6.92 Å². The van der Waals surface area contributed by atoms with Gasteiger partial charge in [0.15, 0.2) is 0 Å². The maximum absolute atomic E-state index is 11.4. The Balaban J connectivity index is 2.56. The van der Waals surface area contributed by atoms with Gasteiger partial charge in [-0.1, -0.05) is 25.9 Å². The Hall–Kier alpha value is -1.33. The van der Waals surface area contributed by atoms with E-state index in [0.717, 1.165) is 11.9 Å². The van der Waals surface area contributed by atoms with Gasteiger partial charge in [0.1, 0.15) is 0 Å². The Morgan fingerprint density at radius 2 is 2.00 bits per heavy atom. The van der Waals surface area contributed by atoms with Gasteiger partial charge in [0.25, 0.3) is 0 Å². The summed E-state index contributed by atoms with van der Waals surface area (Å²) >= 11 is 0. The summed E-state index contributed by atoms with van der Waals surface area (Å²) < 4.78 is 0. The van der Waals surface area contributed by atoms with Gasteiger partial charge in [0, 0.05) is 0 Å². The van der Waals surface area contributed by atoms with Crippen LogP contribution in [0.2, 0.25) is 6.82 Å². The summed E-state index contributed by atoms with van der Waals surface area (Å²) in [5.41, 5.74) is 1.16. The van der Waals surface area contributed by atoms with Crippen LogP contribution in [0.3, 0.4) is 0 Å². The molecular weight excluding hydrogens is 207 g/mol. The molecule has 0 atom stereocenters. The van der Waals surface area contributed by atoms with Crippen LogP contribution < -0.4 is 5.46 Å². The van der Waals surface area contributed by atoms with Crippen molar-refractivity contribution in [2.24, 2.45) is 0 Å². The van der Waals surface area contributed by atoms with E-state index in [1.54, 1.807) is 31.1 Å². The van der Waals surface area contributed by atoms with Crippen LogP contribution in [0.15, 0.2) is 24.3 Å². The smallest absolute Gasteiger partial charge is 0.373 e. The first-order chi connectivity index (χ1) is 7.65. The molecule has 0 saturated carbocycles. The van der Waals surface area contributed by atoms with Gasteiger partial charge >= 0.3 is 12.9 Å². The van der Waals surface area contributed by atoms with Crippen LogP contribution >= 0.6 is 0 Å². The predicted octanol–water partition coefficient (Wildman–Crippen LogP) is 1.01. The van der Waals surface area contributed by atoms with Crippen LogP contribution in [-0.4, -0.2) is 24.5 Å². The van der Waals surface area contributed by atoms with Gasteiger partial charge in [0.2, 0.25) is 0 Å². The second kappa shape index (κ2) is 6.30. The molecule has 0 saturated heterocycles. The van der Waals surface area contributed by atoms with E-state index >= 15 is 0 Å². The molecule has 1 aromatic carbocycles. The minimum Gasteiger partial charge on any atom is -0.447 e. The average Bonchev–Trinajstić information content (AvgIpc) is 2.29. The van der Waals surface area contributed by atoms with Crippen LogP contribution in [0.1, 0.15) is 23.7 Å². The van der Waals surface area contributed by atoms with Gasteiger partial charge in [-0.25, -0.2) is 4.79 Å². The lowest BCUT2D eigenvalue weighted by atomic mass is 9.64. The van der Waals surface area contributed by atoms with E-state index in [-0.39, 0.29) is 0 Å². The Labute approximate surface area is 95.2 Å². The molecule has 0 spiro atoms. The molecule has 4 nitrogen and oxygen atoms in total. The third-order valence-electron chi connectivity index (χ3n) is 2.05. The Morgan fingerprint density at radius 3 is 2.50 bits per heavy atom. The highest BCUT2D eigenvalue weighted by atomic mass is 17.2. The maximum atomic E-state index is 11.4. The third-order valence-corrected chi connectivity index (χ3v) is 2.05. The molecule has 0 fully saturated rings. The average molecular weight is 222 g/mol. The van der Waals surface area contributed by atoms with Crippen LogP contribution in [0.4, 0.5) is 0 Å². The van der Waals surface area contributed by atoms with Gasteiger partial charge in [0.05, 0.1) is 12.2 Å². The molecule has 0 aliphatic carbocycles. The Morgan fingerprint density at radius 1 is 1.38 bits per heavy atom. The first kappa shape index (κ1) is 12.7. The second-order valence-electron chi connectivity index (χ2n) is 3.49. The van der Waals surface area contributed by atoms with Crippen molar-refractivity contribution in [1.82, 2.24) is 0 Å². The van der Waals surface area contributed by atoms with E-state index in [2.05, 4.69) is 9.78 Å². The summed E-state index contributed by atoms with van der Waals surface area (Å²) in [7, 11) is 0. The van der Waals surface area contributed by atoms with E-state index < -0.39 is 12.9 Å². The lowest BCUT2D eigenvalue weighted by Gasteiger charge is -2.04. The molecule has 0 amide bonds. The number of hydrogen-bond donors (Lipinski definition) is 1. The predicted molar refractivity (Wildman–Crippen MR) is 61.6 cm³/mol. The largest absolute Gasteiger partial charge is 0.447 e.